The Bertz CT molecular complexity index is 1290. The number of hydrogen-bond acceptors (Lipinski definition) is 5. The number of likely N-dealkylation sites (tertiary alicyclic amines) is 1. The first-order chi connectivity index (χ1) is 16.0. The van der Waals surface area contributed by atoms with Crippen molar-refractivity contribution in [3.05, 3.63) is 60.3 Å². The molecule has 1 aromatic carbocycles. The first-order valence-corrected chi connectivity index (χ1v) is 11.5. The van der Waals surface area contributed by atoms with Crippen LogP contribution in [0.1, 0.15) is 37.7 Å². The van der Waals surface area contributed by atoms with Gasteiger partial charge < -0.3 is 15.2 Å². The minimum atomic E-state index is 0.125. The number of aromatic nitrogens is 5. The van der Waals surface area contributed by atoms with E-state index in [0.29, 0.717) is 24.8 Å². The van der Waals surface area contributed by atoms with Crippen LogP contribution in [0.4, 0.5) is 5.82 Å². The zero-order valence-corrected chi connectivity index (χ0v) is 19.0. The minimum Gasteiger partial charge on any atom is -0.384 e. The topological polar surface area (TPSA) is 106 Å². The highest BCUT2D eigenvalue weighted by Crippen LogP contribution is 2.33. The Balaban J connectivity index is 1.35. The summed E-state index contributed by atoms with van der Waals surface area (Å²) in [7, 11) is 0. The second kappa shape index (κ2) is 8.69. The summed E-state index contributed by atoms with van der Waals surface area (Å²) < 4.78 is 2.09. The zero-order chi connectivity index (χ0) is 22.9. The van der Waals surface area contributed by atoms with Crippen molar-refractivity contribution in [2.24, 2.45) is 5.92 Å². The van der Waals surface area contributed by atoms with Gasteiger partial charge in [-0.2, -0.15) is 5.10 Å². The van der Waals surface area contributed by atoms with Crippen LogP contribution in [0.3, 0.4) is 0 Å². The first kappa shape index (κ1) is 21.2. The molecule has 8 heteroatoms. The van der Waals surface area contributed by atoms with E-state index >= 15 is 0 Å². The Morgan fingerprint density at radius 1 is 1.27 bits per heavy atom. The predicted octanol–water partition coefficient (Wildman–Crippen LogP) is 3.62. The maximum atomic E-state index is 13.3. The van der Waals surface area contributed by atoms with Gasteiger partial charge in [-0.05, 0) is 42.2 Å². The number of carbonyl (C=O) groups excluding carboxylic acids is 1. The van der Waals surface area contributed by atoms with E-state index in [4.69, 9.17) is 10.7 Å². The molecule has 1 atom stereocenters. The number of aromatic amines is 1. The number of nitrogen functional groups attached to an aromatic ring is 1. The van der Waals surface area contributed by atoms with Crippen LogP contribution >= 0.6 is 0 Å². The number of nitrogens with one attached hydrogen (secondary N) is 1. The number of nitrogens with zero attached hydrogens (tertiary/aromatic N) is 5. The van der Waals surface area contributed by atoms with Crippen molar-refractivity contribution in [1.29, 1.82) is 0 Å². The molecular formula is C25H29N7O. The number of pyridine rings is 1. The molecule has 4 heterocycles. The molecule has 0 unspecified atom stereocenters. The summed E-state index contributed by atoms with van der Waals surface area (Å²) >= 11 is 0. The number of benzene rings is 1. The summed E-state index contributed by atoms with van der Waals surface area (Å²) in [5, 5.41) is 7.44. The number of rotatable bonds is 6. The average Bonchev–Trinajstić information content (AvgIpc) is 3.52. The summed E-state index contributed by atoms with van der Waals surface area (Å²) in [5.74, 6) is 2.25. The molecule has 0 aliphatic carbocycles. The lowest BCUT2D eigenvalue weighted by atomic mass is 9.97. The van der Waals surface area contributed by atoms with Gasteiger partial charge in [-0.3, -0.25) is 9.89 Å². The van der Waals surface area contributed by atoms with E-state index in [1.54, 1.807) is 6.20 Å². The number of nitrogens with two attached hydrogens (primary N) is 1. The maximum absolute atomic E-state index is 13.3. The Morgan fingerprint density at radius 2 is 2.12 bits per heavy atom. The minimum absolute atomic E-state index is 0.125. The summed E-state index contributed by atoms with van der Waals surface area (Å²) in [6.45, 7) is 6.06. The van der Waals surface area contributed by atoms with Gasteiger partial charge in [0.2, 0.25) is 5.91 Å². The average molecular weight is 444 g/mol. The van der Waals surface area contributed by atoms with Gasteiger partial charge in [-0.15, -0.1) is 0 Å². The maximum Gasteiger partial charge on any atom is 0.242 e. The largest absolute Gasteiger partial charge is 0.384 e. The number of para-hydroxylation sites is 2. The van der Waals surface area contributed by atoms with E-state index in [1.165, 1.54) is 0 Å². The predicted molar refractivity (Wildman–Crippen MR) is 128 cm³/mol. The zero-order valence-electron chi connectivity index (χ0n) is 19.0. The van der Waals surface area contributed by atoms with E-state index in [9.17, 15) is 4.79 Å². The molecule has 1 aliphatic rings. The quantitative estimate of drug-likeness (QED) is 0.473. The Kier molecular flexibility index (Phi) is 5.58. The number of anilines is 1. The molecule has 3 aromatic heterocycles. The van der Waals surface area contributed by atoms with Crippen LogP contribution in [0.15, 0.2) is 48.8 Å². The summed E-state index contributed by atoms with van der Waals surface area (Å²) in [6, 6.07) is 11.8. The normalized spacial score (nSPS) is 16.2. The first-order valence-electron chi connectivity index (χ1n) is 11.5. The number of fused-ring (bicyclic) bond motifs is 1. The summed E-state index contributed by atoms with van der Waals surface area (Å²) in [6.07, 6.45) is 5.27. The lowest BCUT2D eigenvalue weighted by Gasteiger charge is -2.19. The Hall–Kier alpha value is -3.68. The van der Waals surface area contributed by atoms with Crippen LogP contribution in [-0.4, -0.2) is 48.6 Å². The third-order valence-electron chi connectivity index (χ3n) is 6.33. The molecule has 33 heavy (non-hydrogen) atoms. The number of amides is 1. The van der Waals surface area contributed by atoms with Crippen molar-refractivity contribution >= 4 is 22.8 Å². The van der Waals surface area contributed by atoms with Gasteiger partial charge in [0.15, 0.2) is 0 Å². The smallest absolute Gasteiger partial charge is 0.242 e. The molecule has 0 spiro atoms. The lowest BCUT2D eigenvalue weighted by Crippen LogP contribution is -2.32. The third kappa shape index (κ3) is 4.20. The van der Waals surface area contributed by atoms with Gasteiger partial charge in [0, 0.05) is 42.9 Å². The number of imidazole rings is 1. The second-order valence-corrected chi connectivity index (χ2v) is 9.19. The van der Waals surface area contributed by atoms with E-state index in [-0.39, 0.29) is 11.8 Å². The molecule has 170 valence electrons. The molecule has 1 aliphatic heterocycles. The molecular weight excluding hydrogens is 414 g/mol. The fraction of sp³-hybridized carbons (Fsp3) is 0.360. The van der Waals surface area contributed by atoms with Crippen LogP contribution in [0, 0.1) is 5.92 Å². The van der Waals surface area contributed by atoms with Crippen molar-refractivity contribution < 1.29 is 4.79 Å². The second-order valence-electron chi connectivity index (χ2n) is 9.19. The summed E-state index contributed by atoms with van der Waals surface area (Å²) in [5.41, 5.74) is 10.9. The van der Waals surface area contributed by atoms with Crippen LogP contribution in [-0.2, 0) is 17.8 Å². The highest BCUT2D eigenvalue weighted by molar-refractivity contribution is 5.81. The van der Waals surface area contributed by atoms with E-state index in [0.717, 1.165) is 53.1 Å². The van der Waals surface area contributed by atoms with Crippen LogP contribution < -0.4 is 5.73 Å². The van der Waals surface area contributed by atoms with Crippen molar-refractivity contribution in [2.45, 2.75) is 39.2 Å². The standard InChI is InChI=1S/C25H29N7O/c1-16(2)11-23-29-20-5-3-4-6-21(20)32(23)15-24(33)31-10-8-18(14-31)25-19(13-28-30-25)17-7-9-27-22(26)12-17/h3-7,9,12-13,16,18H,8,10-11,14-15H2,1-2H3,(H2,26,27)(H,28,30)/t18-/m1/s1. The van der Waals surface area contributed by atoms with Gasteiger partial charge >= 0.3 is 0 Å². The molecule has 5 rings (SSSR count). The van der Waals surface area contributed by atoms with Crippen LogP contribution in [0.2, 0.25) is 0 Å². The van der Waals surface area contributed by atoms with Gasteiger partial charge in [0.05, 0.1) is 17.2 Å². The third-order valence-corrected chi connectivity index (χ3v) is 6.33. The number of H-pyrrole nitrogens is 1. The highest BCUT2D eigenvalue weighted by Gasteiger charge is 2.30. The van der Waals surface area contributed by atoms with E-state index < -0.39 is 0 Å². The van der Waals surface area contributed by atoms with Crippen LogP contribution in [0.5, 0.6) is 0 Å². The number of carbonyl (C=O) groups is 1. The van der Waals surface area contributed by atoms with Gasteiger partial charge in [-0.1, -0.05) is 26.0 Å². The molecule has 3 N–H and O–H groups in total. The van der Waals surface area contributed by atoms with Gasteiger partial charge in [0.1, 0.15) is 18.2 Å². The Labute approximate surface area is 192 Å². The summed E-state index contributed by atoms with van der Waals surface area (Å²) in [4.78, 5) is 24.2. The Morgan fingerprint density at radius 3 is 2.94 bits per heavy atom. The molecule has 0 radical (unpaired) electrons. The van der Waals surface area contributed by atoms with Gasteiger partial charge in [-0.25, -0.2) is 9.97 Å². The highest BCUT2D eigenvalue weighted by atomic mass is 16.2. The molecule has 8 nitrogen and oxygen atoms in total. The molecule has 1 fully saturated rings. The van der Waals surface area contributed by atoms with Crippen molar-refractivity contribution in [3.63, 3.8) is 0 Å². The van der Waals surface area contributed by atoms with Gasteiger partial charge in [0.25, 0.3) is 0 Å². The van der Waals surface area contributed by atoms with Crippen LogP contribution in [0.25, 0.3) is 22.2 Å². The molecule has 0 bridgehead atoms. The fourth-order valence-electron chi connectivity index (χ4n) is 4.73. The monoisotopic (exact) mass is 443 g/mol. The SMILES string of the molecule is CC(C)Cc1nc2ccccc2n1CC(=O)N1CC[C@@H](c2[nH]ncc2-c2ccnc(N)c2)C1. The molecule has 0 saturated carbocycles. The molecule has 1 amide bonds. The van der Waals surface area contributed by atoms with Crippen molar-refractivity contribution in [2.75, 3.05) is 18.8 Å². The van der Waals surface area contributed by atoms with Crippen molar-refractivity contribution in [3.8, 4) is 11.1 Å². The lowest BCUT2D eigenvalue weighted by molar-refractivity contribution is -0.130. The van der Waals surface area contributed by atoms with E-state index in [1.807, 2.05) is 47.5 Å². The molecule has 4 aromatic rings. The number of hydrogen-bond donors (Lipinski definition) is 2. The molecule has 1 saturated heterocycles. The fourth-order valence-corrected chi connectivity index (χ4v) is 4.73. The van der Waals surface area contributed by atoms with E-state index in [2.05, 4.69) is 33.6 Å². The van der Waals surface area contributed by atoms with Crippen molar-refractivity contribution in [1.82, 2.24) is 29.6 Å².